The topological polar surface area (TPSA) is 71.3 Å². The van der Waals surface area contributed by atoms with Gasteiger partial charge in [-0.1, -0.05) is 19.9 Å². The molecule has 0 aliphatic rings. The van der Waals surface area contributed by atoms with Gasteiger partial charge in [0.1, 0.15) is 0 Å². The third-order valence-electron chi connectivity index (χ3n) is 3.19. The normalized spacial score (nSPS) is 11.7. The van der Waals surface area contributed by atoms with Gasteiger partial charge >= 0.3 is 0 Å². The molecule has 2 rings (SSSR count). The number of carbonyl (C=O) groups is 2. The molecule has 1 atom stereocenters. The van der Waals surface area contributed by atoms with Crippen LogP contribution in [0, 0.1) is 5.92 Å². The van der Waals surface area contributed by atoms with E-state index in [9.17, 15) is 9.59 Å². The SMILES string of the molecule is CCC(C)C(=O)Nc1cccc(NC(=O)c2ccco2)c1. The van der Waals surface area contributed by atoms with Gasteiger partial charge in [0.25, 0.3) is 5.91 Å². The van der Waals surface area contributed by atoms with Crippen LogP contribution in [-0.4, -0.2) is 11.8 Å². The van der Waals surface area contributed by atoms with Gasteiger partial charge in [-0.15, -0.1) is 0 Å². The van der Waals surface area contributed by atoms with Gasteiger partial charge in [0.05, 0.1) is 6.26 Å². The highest BCUT2D eigenvalue weighted by Gasteiger charge is 2.12. The van der Waals surface area contributed by atoms with E-state index < -0.39 is 0 Å². The quantitative estimate of drug-likeness (QED) is 0.883. The van der Waals surface area contributed by atoms with Crippen LogP contribution >= 0.6 is 0 Å². The third-order valence-corrected chi connectivity index (χ3v) is 3.19. The number of rotatable bonds is 5. The van der Waals surface area contributed by atoms with Crippen LogP contribution in [0.15, 0.2) is 47.1 Å². The predicted octanol–water partition coefficient (Wildman–Crippen LogP) is 3.52. The highest BCUT2D eigenvalue weighted by atomic mass is 16.3. The Bertz CT molecular complexity index is 620. The van der Waals surface area contributed by atoms with E-state index in [1.54, 1.807) is 36.4 Å². The van der Waals surface area contributed by atoms with Gasteiger partial charge in [-0.3, -0.25) is 9.59 Å². The first-order valence-electron chi connectivity index (χ1n) is 6.86. The number of carbonyl (C=O) groups excluding carboxylic acids is 2. The fourth-order valence-corrected chi connectivity index (χ4v) is 1.73. The second kappa shape index (κ2) is 6.74. The molecule has 0 radical (unpaired) electrons. The van der Waals surface area contributed by atoms with Gasteiger partial charge in [-0.25, -0.2) is 0 Å². The van der Waals surface area contributed by atoms with Crippen LogP contribution in [0.2, 0.25) is 0 Å². The van der Waals surface area contributed by atoms with Crippen LogP contribution in [0.25, 0.3) is 0 Å². The summed E-state index contributed by atoms with van der Waals surface area (Å²) in [5.41, 5.74) is 1.25. The van der Waals surface area contributed by atoms with Gasteiger partial charge in [0.2, 0.25) is 5.91 Å². The molecule has 5 heteroatoms. The molecule has 1 aromatic heterocycles. The minimum Gasteiger partial charge on any atom is -0.459 e. The maximum atomic E-state index is 11.9. The molecule has 1 heterocycles. The smallest absolute Gasteiger partial charge is 0.291 e. The Balaban J connectivity index is 2.04. The van der Waals surface area contributed by atoms with Crippen molar-refractivity contribution in [1.29, 1.82) is 0 Å². The summed E-state index contributed by atoms with van der Waals surface area (Å²) in [5, 5.41) is 5.54. The average molecular weight is 286 g/mol. The molecule has 0 bridgehead atoms. The van der Waals surface area contributed by atoms with Gasteiger partial charge in [0.15, 0.2) is 5.76 Å². The highest BCUT2D eigenvalue weighted by Crippen LogP contribution is 2.17. The minimum absolute atomic E-state index is 0.0352. The summed E-state index contributed by atoms with van der Waals surface area (Å²) in [5.74, 6) is -0.173. The fraction of sp³-hybridized carbons (Fsp3) is 0.250. The van der Waals surface area contributed by atoms with Crippen molar-refractivity contribution < 1.29 is 14.0 Å². The molecule has 0 saturated carbocycles. The van der Waals surface area contributed by atoms with E-state index >= 15 is 0 Å². The van der Waals surface area contributed by atoms with Crippen molar-refractivity contribution >= 4 is 23.2 Å². The molecule has 1 aromatic carbocycles. The van der Waals surface area contributed by atoms with Gasteiger partial charge in [-0.05, 0) is 36.8 Å². The molecule has 0 aliphatic heterocycles. The molecule has 5 nitrogen and oxygen atoms in total. The van der Waals surface area contributed by atoms with Crippen LogP contribution < -0.4 is 10.6 Å². The minimum atomic E-state index is -0.328. The molecule has 1 unspecified atom stereocenters. The molecule has 0 saturated heterocycles. The zero-order chi connectivity index (χ0) is 15.2. The van der Waals surface area contributed by atoms with Crippen molar-refractivity contribution in [2.45, 2.75) is 20.3 Å². The van der Waals surface area contributed by atoms with Crippen molar-refractivity contribution in [3.05, 3.63) is 48.4 Å². The van der Waals surface area contributed by atoms with Crippen LogP contribution in [0.1, 0.15) is 30.8 Å². The van der Waals surface area contributed by atoms with Crippen LogP contribution in [0.5, 0.6) is 0 Å². The summed E-state index contributed by atoms with van der Waals surface area (Å²) < 4.78 is 5.03. The van der Waals surface area contributed by atoms with Crippen molar-refractivity contribution in [2.24, 2.45) is 5.92 Å². The largest absolute Gasteiger partial charge is 0.459 e. The molecule has 0 fully saturated rings. The lowest BCUT2D eigenvalue weighted by atomic mass is 10.1. The molecular formula is C16H18N2O3. The lowest BCUT2D eigenvalue weighted by molar-refractivity contribution is -0.119. The first kappa shape index (κ1) is 14.8. The van der Waals surface area contributed by atoms with Crippen molar-refractivity contribution in [1.82, 2.24) is 0 Å². The van der Waals surface area contributed by atoms with Crippen LogP contribution in [-0.2, 0) is 4.79 Å². The standard InChI is InChI=1S/C16H18N2O3/c1-3-11(2)15(19)17-12-6-4-7-13(10-12)18-16(20)14-8-5-9-21-14/h4-11H,3H2,1-2H3,(H,17,19)(H,18,20). The fourth-order valence-electron chi connectivity index (χ4n) is 1.73. The van der Waals surface area contributed by atoms with Crippen molar-refractivity contribution in [3.63, 3.8) is 0 Å². The van der Waals surface area contributed by atoms with Crippen LogP contribution in [0.4, 0.5) is 11.4 Å². The van der Waals surface area contributed by atoms with E-state index in [2.05, 4.69) is 10.6 Å². The van der Waals surface area contributed by atoms with Crippen molar-refractivity contribution in [3.8, 4) is 0 Å². The van der Waals surface area contributed by atoms with E-state index in [1.807, 2.05) is 13.8 Å². The second-order valence-corrected chi connectivity index (χ2v) is 4.81. The Kier molecular flexibility index (Phi) is 4.77. The zero-order valence-electron chi connectivity index (χ0n) is 12.1. The Morgan fingerprint density at radius 1 is 1.14 bits per heavy atom. The first-order valence-corrected chi connectivity index (χ1v) is 6.86. The maximum Gasteiger partial charge on any atom is 0.291 e. The summed E-state index contributed by atoms with van der Waals surface area (Å²) in [6.45, 7) is 3.84. The molecule has 0 spiro atoms. The number of furan rings is 1. The van der Waals surface area contributed by atoms with Crippen LogP contribution in [0.3, 0.4) is 0 Å². The Morgan fingerprint density at radius 3 is 2.48 bits per heavy atom. The maximum absolute atomic E-state index is 11.9. The number of hydrogen-bond donors (Lipinski definition) is 2. The summed E-state index contributed by atoms with van der Waals surface area (Å²) >= 11 is 0. The third kappa shape index (κ3) is 3.95. The number of benzene rings is 1. The lowest BCUT2D eigenvalue weighted by Gasteiger charge is -2.11. The molecule has 0 aliphatic carbocycles. The monoisotopic (exact) mass is 286 g/mol. The van der Waals surface area contributed by atoms with Crippen molar-refractivity contribution in [2.75, 3.05) is 10.6 Å². The predicted molar refractivity (Wildman–Crippen MR) is 81.2 cm³/mol. The van der Waals surface area contributed by atoms with E-state index in [1.165, 1.54) is 6.26 Å². The second-order valence-electron chi connectivity index (χ2n) is 4.81. The number of amides is 2. The summed E-state index contributed by atoms with van der Waals surface area (Å²) in [4.78, 5) is 23.7. The molecule has 2 aromatic rings. The summed E-state index contributed by atoms with van der Waals surface area (Å²) in [6, 6.07) is 10.2. The highest BCUT2D eigenvalue weighted by molar-refractivity contribution is 6.02. The number of nitrogens with one attached hydrogen (secondary N) is 2. The average Bonchev–Trinajstić information content (AvgIpc) is 3.01. The van der Waals surface area contributed by atoms with E-state index in [0.29, 0.717) is 11.4 Å². The zero-order valence-corrected chi connectivity index (χ0v) is 12.1. The van der Waals surface area contributed by atoms with Gasteiger partial charge < -0.3 is 15.1 Å². The lowest BCUT2D eigenvalue weighted by Crippen LogP contribution is -2.19. The summed E-state index contributed by atoms with van der Waals surface area (Å²) in [6.07, 6.45) is 2.22. The number of hydrogen-bond acceptors (Lipinski definition) is 3. The molecule has 21 heavy (non-hydrogen) atoms. The molecular weight excluding hydrogens is 268 g/mol. The first-order chi connectivity index (χ1) is 10.1. The van der Waals surface area contributed by atoms with E-state index in [4.69, 9.17) is 4.42 Å². The Hall–Kier alpha value is -2.56. The van der Waals surface area contributed by atoms with Gasteiger partial charge in [0, 0.05) is 17.3 Å². The summed E-state index contributed by atoms with van der Waals surface area (Å²) in [7, 11) is 0. The number of anilines is 2. The van der Waals surface area contributed by atoms with E-state index in [-0.39, 0.29) is 23.5 Å². The Morgan fingerprint density at radius 2 is 1.86 bits per heavy atom. The molecule has 110 valence electrons. The molecule has 2 amide bonds. The Labute approximate surface area is 123 Å². The van der Waals surface area contributed by atoms with Gasteiger partial charge in [-0.2, -0.15) is 0 Å². The molecule has 2 N–H and O–H groups in total. The van der Waals surface area contributed by atoms with E-state index in [0.717, 1.165) is 6.42 Å².